The minimum absolute atomic E-state index is 0.200. The van der Waals surface area contributed by atoms with E-state index in [0.717, 1.165) is 12.1 Å². The standard InChI is InChI=1S/C14H13F4NO3S2/c1-22-13-3-2-11(6-12(13)15)24(20,21)19(9-14(16,17)18)7-10-4-5-23-8-10/h2-6,8H,7,9H2,1H3. The monoisotopic (exact) mass is 383 g/mol. The summed E-state index contributed by atoms with van der Waals surface area (Å²) in [7, 11) is -3.34. The van der Waals surface area contributed by atoms with Crippen molar-refractivity contribution < 1.29 is 30.7 Å². The molecule has 0 N–H and O–H groups in total. The molecular weight excluding hydrogens is 370 g/mol. The van der Waals surface area contributed by atoms with Gasteiger partial charge >= 0.3 is 6.18 Å². The van der Waals surface area contributed by atoms with Crippen LogP contribution in [0.1, 0.15) is 5.56 Å². The predicted molar refractivity (Wildman–Crippen MR) is 80.9 cm³/mol. The number of methoxy groups -OCH3 is 1. The van der Waals surface area contributed by atoms with Crippen LogP contribution in [0.25, 0.3) is 0 Å². The molecule has 0 saturated carbocycles. The first-order valence-corrected chi connectivity index (χ1v) is 8.93. The van der Waals surface area contributed by atoms with Crippen LogP contribution in [0.3, 0.4) is 0 Å². The van der Waals surface area contributed by atoms with E-state index in [2.05, 4.69) is 4.74 Å². The molecule has 1 aromatic carbocycles. The quantitative estimate of drug-likeness (QED) is 0.716. The zero-order valence-corrected chi connectivity index (χ0v) is 14.0. The van der Waals surface area contributed by atoms with E-state index in [1.807, 2.05) is 0 Å². The summed E-state index contributed by atoms with van der Waals surface area (Å²) in [6.07, 6.45) is -4.73. The summed E-state index contributed by atoms with van der Waals surface area (Å²) in [6, 6.07) is 4.23. The molecule has 2 rings (SSSR count). The SMILES string of the molecule is COc1ccc(S(=O)(=O)N(Cc2ccsc2)CC(F)(F)F)cc1F. The van der Waals surface area contributed by atoms with Crippen molar-refractivity contribution in [3.8, 4) is 5.75 Å². The number of hydrogen-bond donors (Lipinski definition) is 0. The van der Waals surface area contributed by atoms with E-state index in [-0.39, 0.29) is 10.1 Å². The molecule has 0 saturated heterocycles. The fourth-order valence-corrected chi connectivity index (χ4v) is 4.05. The van der Waals surface area contributed by atoms with Crippen molar-refractivity contribution in [2.75, 3.05) is 13.7 Å². The van der Waals surface area contributed by atoms with Crippen molar-refractivity contribution in [3.05, 3.63) is 46.4 Å². The number of halogens is 4. The molecule has 0 amide bonds. The van der Waals surface area contributed by atoms with Gasteiger partial charge in [-0.25, -0.2) is 12.8 Å². The lowest BCUT2D eigenvalue weighted by Crippen LogP contribution is -2.38. The Kier molecular flexibility index (Phi) is 5.51. The average molecular weight is 383 g/mol. The van der Waals surface area contributed by atoms with Crippen molar-refractivity contribution in [1.82, 2.24) is 4.31 Å². The van der Waals surface area contributed by atoms with Crippen molar-refractivity contribution in [2.24, 2.45) is 0 Å². The Balaban J connectivity index is 2.40. The van der Waals surface area contributed by atoms with E-state index >= 15 is 0 Å². The highest BCUT2D eigenvalue weighted by Crippen LogP contribution is 2.27. The van der Waals surface area contributed by atoms with Crippen LogP contribution < -0.4 is 4.74 Å². The molecule has 0 spiro atoms. The normalized spacial score (nSPS) is 12.6. The average Bonchev–Trinajstić information content (AvgIpc) is 2.98. The van der Waals surface area contributed by atoms with Gasteiger partial charge in [-0.1, -0.05) is 0 Å². The van der Waals surface area contributed by atoms with E-state index in [1.54, 1.807) is 10.8 Å². The van der Waals surface area contributed by atoms with Gasteiger partial charge < -0.3 is 4.74 Å². The van der Waals surface area contributed by atoms with Crippen molar-refractivity contribution in [3.63, 3.8) is 0 Å². The molecule has 0 radical (unpaired) electrons. The first-order valence-electron chi connectivity index (χ1n) is 6.55. The van der Waals surface area contributed by atoms with Crippen molar-refractivity contribution >= 4 is 21.4 Å². The second kappa shape index (κ2) is 7.08. The van der Waals surface area contributed by atoms with Crippen LogP contribution in [0.5, 0.6) is 5.75 Å². The molecule has 0 bridgehead atoms. The van der Waals surface area contributed by atoms with Crippen LogP contribution in [-0.4, -0.2) is 32.6 Å². The fraction of sp³-hybridized carbons (Fsp3) is 0.286. The van der Waals surface area contributed by atoms with Gasteiger partial charge in [-0.05, 0) is 40.6 Å². The lowest BCUT2D eigenvalue weighted by Gasteiger charge is -2.23. The summed E-state index contributed by atoms with van der Waals surface area (Å²) < 4.78 is 82.0. The molecule has 0 unspecified atom stereocenters. The van der Waals surface area contributed by atoms with E-state index in [4.69, 9.17) is 0 Å². The maximum Gasteiger partial charge on any atom is 0.402 e. The van der Waals surface area contributed by atoms with Crippen molar-refractivity contribution in [1.29, 1.82) is 0 Å². The molecule has 0 fully saturated rings. The minimum atomic E-state index is -4.73. The summed E-state index contributed by atoms with van der Waals surface area (Å²) >= 11 is 1.23. The molecule has 4 nitrogen and oxygen atoms in total. The Bertz CT molecular complexity index is 789. The molecule has 0 atom stereocenters. The molecule has 1 heterocycles. The van der Waals surface area contributed by atoms with Crippen molar-refractivity contribution in [2.45, 2.75) is 17.6 Å². The van der Waals surface area contributed by atoms with Crippen LogP contribution >= 0.6 is 11.3 Å². The summed E-state index contributed by atoms with van der Waals surface area (Å²) in [4.78, 5) is -0.569. The third-order valence-electron chi connectivity index (χ3n) is 3.06. The first-order chi connectivity index (χ1) is 11.1. The third kappa shape index (κ3) is 4.46. The minimum Gasteiger partial charge on any atom is -0.494 e. The zero-order chi connectivity index (χ0) is 18.0. The Hall–Kier alpha value is -1.65. The second-order valence-corrected chi connectivity index (χ2v) is 7.53. The largest absolute Gasteiger partial charge is 0.494 e. The highest BCUT2D eigenvalue weighted by Gasteiger charge is 2.37. The van der Waals surface area contributed by atoms with Gasteiger partial charge in [0.05, 0.1) is 12.0 Å². The zero-order valence-electron chi connectivity index (χ0n) is 12.4. The molecule has 1 aromatic heterocycles. The number of sulfonamides is 1. The van der Waals surface area contributed by atoms with E-state index < -0.39 is 40.0 Å². The highest BCUT2D eigenvalue weighted by atomic mass is 32.2. The summed E-state index contributed by atoms with van der Waals surface area (Å²) in [5.41, 5.74) is 0.418. The van der Waals surface area contributed by atoms with Gasteiger partial charge in [-0.15, -0.1) is 0 Å². The molecule has 24 heavy (non-hydrogen) atoms. The van der Waals surface area contributed by atoms with Gasteiger partial charge in [0.2, 0.25) is 10.0 Å². The molecule has 10 heteroatoms. The molecule has 2 aromatic rings. The van der Waals surface area contributed by atoms with Crippen LogP contribution in [0.4, 0.5) is 17.6 Å². The third-order valence-corrected chi connectivity index (χ3v) is 5.58. The summed E-state index contributed by atoms with van der Waals surface area (Å²) in [5.74, 6) is -1.17. The van der Waals surface area contributed by atoms with Crippen LogP contribution in [-0.2, 0) is 16.6 Å². The maximum atomic E-state index is 13.7. The van der Waals surface area contributed by atoms with Gasteiger partial charge in [0, 0.05) is 6.54 Å². The lowest BCUT2D eigenvalue weighted by atomic mass is 10.3. The number of ether oxygens (including phenoxy) is 1. The lowest BCUT2D eigenvalue weighted by molar-refractivity contribution is -0.136. The first kappa shape index (κ1) is 18.7. The van der Waals surface area contributed by atoms with E-state index in [9.17, 15) is 26.0 Å². The number of thiophene rings is 1. The molecule has 0 aliphatic heterocycles. The molecule has 0 aliphatic carbocycles. The Morgan fingerprint density at radius 1 is 1.25 bits per heavy atom. The Morgan fingerprint density at radius 3 is 2.46 bits per heavy atom. The number of nitrogens with zero attached hydrogens (tertiary/aromatic N) is 1. The number of alkyl halides is 3. The Morgan fingerprint density at radius 2 is 1.96 bits per heavy atom. The topological polar surface area (TPSA) is 46.6 Å². The number of hydrogen-bond acceptors (Lipinski definition) is 4. The molecular formula is C14H13F4NO3S2. The van der Waals surface area contributed by atoms with Crippen LogP contribution in [0.2, 0.25) is 0 Å². The van der Waals surface area contributed by atoms with E-state index in [1.165, 1.54) is 24.5 Å². The second-order valence-electron chi connectivity index (χ2n) is 4.82. The summed E-state index contributed by atoms with van der Waals surface area (Å²) in [5, 5.41) is 3.17. The highest BCUT2D eigenvalue weighted by molar-refractivity contribution is 7.89. The molecule has 132 valence electrons. The van der Waals surface area contributed by atoms with Crippen LogP contribution in [0.15, 0.2) is 39.9 Å². The van der Waals surface area contributed by atoms with Gasteiger partial charge in [-0.2, -0.15) is 28.8 Å². The molecule has 0 aliphatic rings. The van der Waals surface area contributed by atoms with Crippen LogP contribution in [0, 0.1) is 5.82 Å². The van der Waals surface area contributed by atoms with Gasteiger partial charge in [-0.3, -0.25) is 0 Å². The fourth-order valence-electron chi connectivity index (χ4n) is 1.97. The van der Waals surface area contributed by atoms with Gasteiger partial charge in [0.25, 0.3) is 0 Å². The maximum absolute atomic E-state index is 13.7. The predicted octanol–water partition coefficient (Wildman–Crippen LogP) is 3.65. The smallest absolute Gasteiger partial charge is 0.402 e. The number of rotatable bonds is 6. The van der Waals surface area contributed by atoms with Gasteiger partial charge in [0.15, 0.2) is 11.6 Å². The Labute approximate surface area is 140 Å². The number of benzene rings is 1. The summed E-state index contributed by atoms with van der Waals surface area (Å²) in [6.45, 7) is -2.13. The van der Waals surface area contributed by atoms with E-state index in [0.29, 0.717) is 11.6 Å². The van der Waals surface area contributed by atoms with Gasteiger partial charge in [0.1, 0.15) is 6.54 Å².